The molecule has 0 atom stereocenters. The van der Waals surface area contributed by atoms with Gasteiger partial charge in [0.25, 0.3) is 10.0 Å². The molecule has 2 aromatic carbocycles. The van der Waals surface area contributed by atoms with Crippen molar-refractivity contribution >= 4 is 32.6 Å². The maximum atomic E-state index is 13.1. The SMILES string of the molecule is CCCc1oc2ccc(NS(=O)(=O)c3ccc(F)cc3)cc2c1C(=O)OCC. The second kappa shape index (κ2) is 8.02. The minimum Gasteiger partial charge on any atom is -0.462 e. The molecule has 3 rings (SSSR count). The van der Waals surface area contributed by atoms with Gasteiger partial charge in [0.2, 0.25) is 0 Å². The highest BCUT2D eigenvalue weighted by molar-refractivity contribution is 7.92. The molecule has 1 heterocycles. The Balaban J connectivity index is 2.02. The molecule has 0 aliphatic rings. The molecule has 0 bridgehead atoms. The van der Waals surface area contributed by atoms with Crippen molar-refractivity contribution in [2.45, 2.75) is 31.6 Å². The van der Waals surface area contributed by atoms with Gasteiger partial charge in [0, 0.05) is 17.5 Å². The number of nitrogens with one attached hydrogen (secondary N) is 1. The lowest BCUT2D eigenvalue weighted by Gasteiger charge is -2.08. The molecule has 0 fully saturated rings. The molecule has 148 valence electrons. The number of esters is 1. The number of benzene rings is 2. The minimum absolute atomic E-state index is 0.0709. The Morgan fingerprint density at radius 2 is 1.86 bits per heavy atom. The van der Waals surface area contributed by atoms with E-state index in [-0.39, 0.29) is 17.2 Å². The van der Waals surface area contributed by atoms with Crippen LogP contribution in [0.1, 0.15) is 36.4 Å². The van der Waals surface area contributed by atoms with Gasteiger partial charge in [0.1, 0.15) is 22.7 Å². The maximum absolute atomic E-state index is 13.1. The van der Waals surface area contributed by atoms with E-state index in [0.717, 1.165) is 18.6 Å². The standard InChI is InChI=1S/C20H20FNO5S/c1-3-5-18-19(20(23)26-4-2)16-12-14(8-11-17(16)27-18)22-28(24,25)15-9-6-13(21)7-10-15/h6-12,22H,3-5H2,1-2H3. The van der Waals surface area contributed by atoms with E-state index in [1.807, 2.05) is 6.92 Å². The number of hydrogen-bond acceptors (Lipinski definition) is 5. The summed E-state index contributed by atoms with van der Waals surface area (Å²) in [5.74, 6) is -0.529. The van der Waals surface area contributed by atoms with Crippen molar-refractivity contribution in [2.75, 3.05) is 11.3 Å². The first-order valence-electron chi connectivity index (χ1n) is 8.86. The molecule has 1 aromatic heterocycles. The molecule has 0 saturated carbocycles. The van der Waals surface area contributed by atoms with E-state index >= 15 is 0 Å². The largest absolute Gasteiger partial charge is 0.462 e. The Morgan fingerprint density at radius 1 is 1.14 bits per heavy atom. The van der Waals surface area contributed by atoms with Crippen LogP contribution in [-0.2, 0) is 21.2 Å². The quantitative estimate of drug-likeness (QED) is 0.585. The van der Waals surface area contributed by atoms with Crippen molar-refractivity contribution in [3.63, 3.8) is 0 Å². The van der Waals surface area contributed by atoms with E-state index in [1.54, 1.807) is 13.0 Å². The van der Waals surface area contributed by atoms with Crippen molar-refractivity contribution in [1.29, 1.82) is 0 Å². The average molecular weight is 405 g/mol. The molecule has 3 aromatic rings. The van der Waals surface area contributed by atoms with E-state index in [2.05, 4.69) is 4.72 Å². The average Bonchev–Trinajstić information content (AvgIpc) is 2.99. The summed E-state index contributed by atoms with van der Waals surface area (Å²) in [4.78, 5) is 12.3. The molecule has 0 spiro atoms. The Labute approximate surface area is 162 Å². The summed E-state index contributed by atoms with van der Waals surface area (Å²) in [6, 6.07) is 9.17. The van der Waals surface area contributed by atoms with Crippen LogP contribution in [0.3, 0.4) is 0 Å². The Kier molecular flexibility index (Phi) is 5.69. The zero-order valence-corrected chi connectivity index (χ0v) is 16.3. The van der Waals surface area contributed by atoms with Gasteiger partial charge in [-0.15, -0.1) is 0 Å². The molecule has 0 aliphatic carbocycles. The minimum atomic E-state index is -3.91. The van der Waals surface area contributed by atoms with Crippen LogP contribution in [0.4, 0.5) is 10.1 Å². The lowest BCUT2D eigenvalue weighted by molar-refractivity contribution is 0.0526. The first-order valence-corrected chi connectivity index (χ1v) is 10.3. The van der Waals surface area contributed by atoms with E-state index in [1.165, 1.54) is 24.3 Å². The molecule has 6 nitrogen and oxygen atoms in total. The molecular formula is C20H20FNO5S. The molecule has 8 heteroatoms. The summed E-state index contributed by atoms with van der Waals surface area (Å²) in [5, 5.41) is 0.473. The van der Waals surface area contributed by atoms with Gasteiger partial charge < -0.3 is 9.15 Å². The zero-order valence-electron chi connectivity index (χ0n) is 15.5. The molecule has 0 aliphatic heterocycles. The Hall–Kier alpha value is -2.87. The van der Waals surface area contributed by atoms with Crippen molar-refractivity contribution in [2.24, 2.45) is 0 Å². The number of rotatable bonds is 7. The second-order valence-corrected chi connectivity index (χ2v) is 7.82. The Bertz CT molecular complexity index is 1100. The zero-order chi connectivity index (χ0) is 20.3. The molecule has 0 unspecified atom stereocenters. The maximum Gasteiger partial charge on any atom is 0.342 e. The van der Waals surface area contributed by atoms with Crippen LogP contribution >= 0.6 is 0 Å². The predicted molar refractivity (Wildman–Crippen MR) is 103 cm³/mol. The fourth-order valence-electron chi connectivity index (χ4n) is 2.87. The van der Waals surface area contributed by atoms with Gasteiger partial charge in [-0.1, -0.05) is 6.92 Å². The highest BCUT2D eigenvalue weighted by Crippen LogP contribution is 2.31. The van der Waals surface area contributed by atoms with Gasteiger partial charge in [-0.3, -0.25) is 4.72 Å². The highest BCUT2D eigenvalue weighted by atomic mass is 32.2. The summed E-state index contributed by atoms with van der Waals surface area (Å²) in [7, 11) is -3.91. The van der Waals surface area contributed by atoms with Crippen molar-refractivity contribution in [3.05, 3.63) is 59.6 Å². The van der Waals surface area contributed by atoms with Crippen molar-refractivity contribution in [3.8, 4) is 0 Å². The monoisotopic (exact) mass is 405 g/mol. The first kappa shape index (κ1) is 19.9. The molecule has 0 amide bonds. The summed E-state index contributed by atoms with van der Waals surface area (Å²) in [6.07, 6.45) is 1.33. The van der Waals surface area contributed by atoms with Crippen molar-refractivity contribution in [1.82, 2.24) is 0 Å². The van der Waals surface area contributed by atoms with Crippen molar-refractivity contribution < 1.29 is 26.8 Å². The first-order chi connectivity index (χ1) is 13.4. The molecular weight excluding hydrogens is 385 g/mol. The van der Waals surface area contributed by atoms with E-state index in [4.69, 9.17) is 9.15 Å². The summed E-state index contributed by atoms with van der Waals surface area (Å²) in [6.45, 7) is 3.89. The third-order valence-corrected chi connectivity index (χ3v) is 5.49. The number of ether oxygens (including phenoxy) is 1. The topological polar surface area (TPSA) is 85.6 Å². The summed E-state index contributed by atoms with van der Waals surface area (Å²) < 4.78 is 51.5. The fraction of sp³-hybridized carbons (Fsp3) is 0.250. The number of halogens is 1. The van der Waals surface area contributed by atoms with Gasteiger partial charge in [0.05, 0.1) is 11.5 Å². The fourth-order valence-corrected chi connectivity index (χ4v) is 3.92. The number of fused-ring (bicyclic) bond motifs is 1. The lowest BCUT2D eigenvalue weighted by Crippen LogP contribution is -2.13. The van der Waals surface area contributed by atoms with Crippen LogP contribution in [0.15, 0.2) is 51.8 Å². The third kappa shape index (κ3) is 4.01. The number of anilines is 1. The predicted octanol–water partition coefficient (Wildman–Crippen LogP) is 4.50. The second-order valence-electron chi connectivity index (χ2n) is 6.14. The number of hydrogen-bond donors (Lipinski definition) is 1. The number of carbonyl (C=O) groups is 1. The third-order valence-electron chi connectivity index (χ3n) is 4.09. The smallest absolute Gasteiger partial charge is 0.342 e. The lowest BCUT2D eigenvalue weighted by atomic mass is 10.1. The number of carbonyl (C=O) groups excluding carboxylic acids is 1. The van der Waals surface area contributed by atoms with E-state index in [9.17, 15) is 17.6 Å². The van der Waals surface area contributed by atoms with Crippen LogP contribution < -0.4 is 4.72 Å². The number of sulfonamides is 1. The normalized spacial score (nSPS) is 11.5. The van der Waals surface area contributed by atoms with Gasteiger partial charge in [-0.05, 0) is 55.8 Å². The highest BCUT2D eigenvalue weighted by Gasteiger charge is 2.22. The van der Waals surface area contributed by atoms with Crippen LogP contribution in [-0.4, -0.2) is 21.0 Å². The summed E-state index contributed by atoms with van der Waals surface area (Å²) in [5.41, 5.74) is 1.03. The van der Waals surface area contributed by atoms with E-state index in [0.29, 0.717) is 28.7 Å². The molecule has 0 saturated heterocycles. The van der Waals surface area contributed by atoms with Gasteiger partial charge in [-0.2, -0.15) is 0 Å². The number of aryl methyl sites for hydroxylation is 1. The van der Waals surface area contributed by atoms with Crippen LogP contribution in [0.5, 0.6) is 0 Å². The Morgan fingerprint density at radius 3 is 2.50 bits per heavy atom. The molecule has 28 heavy (non-hydrogen) atoms. The van der Waals surface area contributed by atoms with Crippen LogP contribution in [0.25, 0.3) is 11.0 Å². The van der Waals surface area contributed by atoms with E-state index < -0.39 is 21.8 Å². The van der Waals surface area contributed by atoms with Gasteiger partial charge >= 0.3 is 5.97 Å². The van der Waals surface area contributed by atoms with Crippen LogP contribution in [0, 0.1) is 5.82 Å². The summed E-state index contributed by atoms with van der Waals surface area (Å²) >= 11 is 0. The van der Waals surface area contributed by atoms with Gasteiger partial charge in [-0.25, -0.2) is 17.6 Å². The molecule has 1 N–H and O–H groups in total. The number of furan rings is 1. The molecule has 0 radical (unpaired) electrons. The van der Waals surface area contributed by atoms with Crippen LogP contribution in [0.2, 0.25) is 0 Å². The van der Waals surface area contributed by atoms with Gasteiger partial charge in [0.15, 0.2) is 0 Å².